The van der Waals surface area contributed by atoms with Gasteiger partial charge in [0.1, 0.15) is 5.25 Å². The van der Waals surface area contributed by atoms with Gasteiger partial charge in [-0.1, -0.05) is 11.8 Å². The Morgan fingerprint density at radius 3 is 2.60 bits per heavy atom. The van der Waals surface area contributed by atoms with Crippen molar-refractivity contribution in [2.75, 3.05) is 24.1 Å². The molecule has 0 spiro atoms. The molecule has 0 aliphatic carbocycles. The fraction of sp³-hybridized carbons (Fsp3) is 0.200. The number of thioether (sulfide) groups is 1. The lowest BCUT2D eigenvalue weighted by Crippen LogP contribution is -2.31. The zero-order valence-electron chi connectivity index (χ0n) is 15.8. The third-order valence-corrected chi connectivity index (χ3v) is 5.72. The number of hydrogen-bond donors (Lipinski definition) is 2. The maximum atomic E-state index is 12.8. The molecule has 2 aliphatic heterocycles. The molecule has 2 N–H and O–H groups in total. The van der Waals surface area contributed by atoms with E-state index in [-0.39, 0.29) is 30.6 Å². The molecule has 1 fully saturated rings. The molecule has 2 heterocycles. The molecule has 1 atom stereocenters. The number of carbonyl (C=O) groups excluding carboxylic acids is 2. The van der Waals surface area contributed by atoms with Crippen LogP contribution in [0.2, 0.25) is 0 Å². The number of carbonyl (C=O) groups is 3. The van der Waals surface area contributed by atoms with Gasteiger partial charge in [0.05, 0.1) is 11.3 Å². The van der Waals surface area contributed by atoms with Gasteiger partial charge in [-0.3, -0.25) is 14.6 Å². The highest BCUT2D eigenvalue weighted by Gasteiger charge is 2.40. The van der Waals surface area contributed by atoms with Gasteiger partial charge in [-0.25, -0.2) is 9.69 Å². The molecule has 0 radical (unpaired) electrons. The van der Waals surface area contributed by atoms with Gasteiger partial charge in [0.25, 0.3) is 0 Å². The largest absolute Gasteiger partial charge is 0.478 e. The average molecular weight is 427 g/mol. The number of hydrogen-bond acceptors (Lipinski definition) is 7. The first kappa shape index (κ1) is 19.8. The minimum atomic E-state index is -1.08. The number of aromatic carboxylic acids is 1. The summed E-state index contributed by atoms with van der Waals surface area (Å²) in [6.07, 6.45) is 0.0199. The Morgan fingerprint density at radius 2 is 1.90 bits per heavy atom. The summed E-state index contributed by atoms with van der Waals surface area (Å²) in [6.45, 7) is 0.171. The predicted molar refractivity (Wildman–Crippen MR) is 111 cm³/mol. The number of amidine groups is 1. The van der Waals surface area contributed by atoms with E-state index in [1.807, 2.05) is 0 Å². The van der Waals surface area contributed by atoms with E-state index in [9.17, 15) is 14.4 Å². The van der Waals surface area contributed by atoms with Crippen molar-refractivity contribution < 1.29 is 29.0 Å². The van der Waals surface area contributed by atoms with Crippen molar-refractivity contribution in [1.82, 2.24) is 0 Å². The van der Waals surface area contributed by atoms with Gasteiger partial charge >= 0.3 is 5.97 Å². The molecular formula is C20H17N3O6S. The molecule has 1 saturated heterocycles. The van der Waals surface area contributed by atoms with E-state index < -0.39 is 11.2 Å². The second-order valence-electron chi connectivity index (χ2n) is 6.45. The third-order valence-electron chi connectivity index (χ3n) is 4.56. The first-order valence-electron chi connectivity index (χ1n) is 8.96. The second kappa shape index (κ2) is 8.07. The zero-order chi connectivity index (χ0) is 21.3. The molecule has 154 valence electrons. The molecule has 10 heteroatoms. The van der Waals surface area contributed by atoms with Crippen LogP contribution in [0.25, 0.3) is 0 Å². The quantitative estimate of drug-likeness (QED) is 0.434. The number of anilines is 2. The molecule has 0 bridgehead atoms. The number of imide groups is 1. The van der Waals surface area contributed by atoms with E-state index in [0.717, 1.165) is 16.7 Å². The van der Waals surface area contributed by atoms with Gasteiger partial charge in [-0.2, -0.15) is 0 Å². The Hall–Kier alpha value is -3.53. The van der Waals surface area contributed by atoms with Crippen LogP contribution in [0.4, 0.5) is 11.4 Å². The number of ether oxygens (including phenoxy) is 2. The van der Waals surface area contributed by atoms with Crippen LogP contribution in [0.1, 0.15) is 16.8 Å². The Bertz CT molecular complexity index is 1050. The minimum Gasteiger partial charge on any atom is -0.478 e. The van der Waals surface area contributed by atoms with E-state index in [1.54, 1.807) is 25.2 Å². The van der Waals surface area contributed by atoms with Crippen LogP contribution in [-0.2, 0) is 9.59 Å². The summed E-state index contributed by atoms with van der Waals surface area (Å²) in [5.74, 6) is -0.527. The van der Waals surface area contributed by atoms with Crippen LogP contribution in [0, 0.1) is 0 Å². The highest BCUT2D eigenvalue weighted by molar-refractivity contribution is 8.15. The smallest absolute Gasteiger partial charge is 0.335 e. The topological polar surface area (TPSA) is 118 Å². The fourth-order valence-electron chi connectivity index (χ4n) is 3.09. The number of nitrogens with zero attached hydrogens (tertiary/aromatic N) is 2. The summed E-state index contributed by atoms with van der Waals surface area (Å²) in [4.78, 5) is 41.5. The fourth-order valence-corrected chi connectivity index (χ4v) is 4.07. The van der Waals surface area contributed by atoms with Crippen LogP contribution in [-0.4, -0.2) is 47.1 Å². The third kappa shape index (κ3) is 3.81. The molecule has 30 heavy (non-hydrogen) atoms. The van der Waals surface area contributed by atoms with Gasteiger partial charge in [0.2, 0.25) is 18.6 Å². The lowest BCUT2D eigenvalue weighted by atomic mass is 10.2. The standard InChI is InChI=1S/C20H17N3O6S/c1-21-20(22-12-4-7-14-15(8-12)29-10-28-14)30-16-9-17(24)23(18(16)25)13-5-2-11(3-6-13)19(26)27/h2-8,16H,9-10H2,1H3,(H,21,22)(H,26,27)/t16-/m1/s1. The summed E-state index contributed by atoms with van der Waals surface area (Å²) in [7, 11) is 1.59. The maximum Gasteiger partial charge on any atom is 0.335 e. The molecule has 2 amide bonds. The van der Waals surface area contributed by atoms with E-state index >= 15 is 0 Å². The summed E-state index contributed by atoms with van der Waals surface area (Å²) < 4.78 is 10.6. The van der Waals surface area contributed by atoms with Crippen molar-refractivity contribution in [2.45, 2.75) is 11.7 Å². The number of aliphatic imine (C=N–C) groups is 1. The summed E-state index contributed by atoms with van der Waals surface area (Å²) in [5.41, 5.74) is 1.14. The van der Waals surface area contributed by atoms with Crippen molar-refractivity contribution in [1.29, 1.82) is 0 Å². The normalized spacial score (nSPS) is 18.1. The lowest BCUT2D eigenvalue weighted by molar-refractivity contribution is -0.121. The van der Waals surface area contributed by atoms with Gasteiger partial charge in [-0.05, 0) is 36.4 Å². The molecule has 2 aromatic rings. The SMILES string of the molecule is CN=C(Nc1ccc2c(c1)OCO2)S[C@@H]1CC(=O)N(c2ccc(C(=O)O)cc2)C1=O. The lowest BCUT2D eigenvalue weighted by Gasteiger charge is -2.16. The van der Waals surface area contributed by atoms with Gasteiger partial charge in [0.15, 0.2) is 16.7 Å². The second-order valence-corrected chi connectivity index (χ2v) is 7.64. The number of fused-ring (bicyclic) bond motifs is 1. The predicted octanol–water partition coefficient (Wildman–Crippen LogP) is 2.58. The molecule has 9 nitrogen and oxygen atoms in total. The summed E-state index contributed by atoms with van der Waals surface area (Å²) in [5, 5.41) is 12.0. The van der Waals surface area contributed by atoms with Crippen LogP contribution in [0.15, 0.2) is 47.5 Å². The average Bonchev–Trinajstić information content (AvgIpc) is 3.31. The van der Waals surface area contributed by atoms with E-state index in [2.05, 4.69) is 10.3 Å². The van der Waals surface area contributed by atoms with Gasteiger partial charge in [0, 0.05) is 25.2 Å². The van der Waals surface area contributed by atoms with Crippen LogP contribution in [0.3, 0.4) is 0 Å². The highest BCUT2D eigenvalue weighted by atomic mass is 32.2. The molecule has 2 aliphatic rings. The zero-order valence-corrected chi connectivity index (χ0v) is 16.6. The summed E-state index contributed by atoms with van der Waals surface area (Å²) in [6, 6.07) is 11.0. The minimum absolute atomic E-state index is 0.0199. The van der Waals surface area contributed by atoms with Gasteiger partial charge in [-0.15, -0.1) is 0 Å². The first-order chi connectivity index (χ1) is 14.5. The Kier molecular flexibility index (Phi) is 5.32. The van der Waals surface area contributed by atoms with Crippen LogP contribution in [0.5, 0.6) is 11.5 Å². The molecular weight excluding hydrogens is 410 g/mol. The van der Waals surface area contributed by atoms with E-state index in [4.69, 9.17) is 14.6 Å². The monoisotopic (exact) mass is 427 g/mol. The molecule has 2 aromatic carbocycles. The van der Waals surface area contributed by atoms with Crippen molar-refractivity contribution in [3.05, 3.63) is 48.0 Å². The van der Waals surface area contributed by atoms with E-state index in [0.29, 0.717) is 28.0 Å². The van der Waals surface area contributed by atoms with Crippen molar-refractivity contribution >= 4 is 46.1 Å². The molecule has 4 rings (SSSR count). The first-order valence-corrected chi connectivity index (χ1v) is 9.84. The van der Waals surface area contributed by atoms with Crippen molar-refractivity contribution in [3.63, 3.8) is 0 Å². The molecule has 0 saturated carbocycles. The molecule has 0 unspecified atom stereocenters. The Balaban J connectivity index is 1.45. The number of benzene rings is 2. The van der Waals surface area contributed by atoms with Crippen LogP contribution >= 0.6 is 11.8 Å². The number of nitrogens with one attached hydrogen (secondary N) is 1. The highest BCUT2D eigenvalue weighted by Crippen LogP contribution is 2.35. The molecule has 0 aromatic heterocycles. The Morgan fingerprint density at radius 1 is 1.17 bits per heavy atom. The summed E-state index contributed by atoms with van der Waals surface area (Å²) >= 11 is 1.16. The van der Waals surface area contributed by atoms with E-state index in [1.165, 1.54) is 24.3 Å². The number of carboxylic acids is 1. The number of amides is 2. The number of carboxylic acid groups (broad SMARTS) is 1. The van der Waals surface area contributed by atoms with Crippen molar-refractivity contribution in [2.24, 2.45) is 4.99 Å². The Labute approximate surface area is 175 Å². The van der Waals surface area contributed by atoms with Crippen molar-refractivity contribution in [3.8, 4) is 11.5 Å². The number of rotatable bonds is 4. The van der Waals surface area contributed by atoms with Gasteiger partial charge < -0.3 is 19.9 Å². The maximum absolute atomic E-state index is 12.8. The van der Waals surface area contributed by atoms with Crippen LogP contribution < -0.4 is 19.7 Å².